The van der Waals surface area contributed by atoms with E-state index in [-0.39, 0.29) is 10.8 Å². The number of sulfonamides is 1. The Kier molecular flexibility index (Phi) is 5.47. The summed E-state index contributed by atoms with van der Waals surface area (Å²) in [6, 6.07) is 12.8. The molecule has 0 saturated carbocycles. The summed E-state index contributed by atoms with van der Waals surface area (Å²) >= 11 is 0. The molecule has 2 aliphatic heterocycles. The van der Waals surface area contributed by atoms with Crippen molar-refractivity contribution < 1.29 is 17.9 Å². The van der Waals surface area contributed by atoms with Gasteiger partial charge in [0.2, 0.25) is 15.9 Å². The first-order chi connectivity index (χ1) is 14.0. The number of rotatable bonds is 4. The lowest BCUT2D eigenvalue weighted by molar-refractivity contribution is -0.116. The average molecular weight is 416 g/mol. The van der Waals surface area contributed by atoms with E-state index in [2.05, 4.69) is 10.2 Å². The Morgan fingerprint density at radius 2 is 1.76 bits per heavy atom. The lowest BCUT2D eigenvalue weighted by Gasteiger charge is -2.36. The van der Waals surface area contributed by atoms with Gasteiger partial charge in [-0.15, -0.1) is 0 Å². The molecule has 0 bridgehead atoms. The molecule has 2 aromatic rings. The molecular weight excluding hydrogens is 390 g/mol. The fraction of sp³-hybridized carbons (Fsp3) is 0.381. The molecule has 0 spiro atoms. The van der Waals surface area contributed by atoms with Crippen molar-refractivity contribution in [1.82, 2.24) is 4.31 Å². The van der Waals surface area contributed by atoms with Crippen molar-refractivity contribution in [3.05, 3.63) is 48.0 Å². The van der Waals surface area contributed by atoms with Gasteiger partial charge in [-0.25, -0.2) is 8.42 Å². The molecule has 1 saturated heterocycles. The van der Waals surface area contributed by atoms with Gasteiger partial charge in [0, 0.05) is 38.3 Å². The van der Waals surface area contributed by atoms with Gasteiger partial charge < -0.3 is 15.0 Å². The van der Waals surface area contributed by atoms with E-state index in [4.69, 9.17) is 4.74 Å². The highest BCUT2D eigenvalue weighted by molar-refractivity contribution is 7.89. The zero-order valence-electron chi connectivity index (χ0n) is 16.4. The van der Waals surface area contributed by atoms with E-state index >= 15 is 0 Å². The number of ether oxygens (including phenoxy) is 1. The Bertz CT molecular complexity index is 1010. The van der Waals surface area contributed by atoms with E-state index in [1.165, 1.54) is 4.31 Å². The number of aryl methyl sites for hydroxylation is 1. The van der Waals surface area contributed by atoms with Crippen molar-refractivity contribution in [2.75, 3.05) is 43.5 Å². The molecule has 1 fully saturated rings. The lowest BCUT2D eigenvalue weighted by atomic mass is 10.1. The van der Waals surface area contributed by atoms with Crippen molar-refractivity contribution in [2.24, 2.45) is 0 Å². The smallest absolute Gasteiger partial charge is 0.243 e. The molecule has 29 heavy (non-hydrogen) atoms. The summed E-state index contributed by atoms with van der Waals surface area (Å²) in [6.07, 6.45) is 1.88. The number of nitrogens with one attached hydrogen (secondary N) is 1. The van der Waals surface area contributed by atoms with Gasteiger partial charge in [-0.2, -0.15) is 4.31 Å². The van der Waals surface area contributed by atoms with Gasteiger partial charge in [-0.1, -0.05) is 12.1 Å². The molecular formula is C21H25N3O4S. The van der Waals surface area contributed by atoms with Gasteiger partial charge in [-0.05, 0) is 48.7 Å². The number of nitrogens with zero attached hydrogens (tertiary/aromatic N) is 2. The van der Waals surface area contributed by atoms with Gasteiger partial charge in [-0.3, -0.25) is 4.79 Å². The first kappa shape index (κ1) is 19.7. The Labute approximate surface area is 171 Å². The third-order valence-electron chi connectivity index (χ3n) is 5.50. The van der Waals surface area contributed by atoms with Crippen LogP contribution in [0.25, 0.3) is 0 Å². The molecule has 2 aromatic carbocycles. The Hall–Kier alpha value is -2.58. The van der Waals surface area contributed by atoms with Crippen LogP contribution in [0.5, 0.6) is 5.75 Å². The fourth-order valence-corrected chi connectivity index (χ4v) is 5.39. The van der Waals surface area contributed by atoms with Gasteiger partial charge in [0.1, 0.15) is 5.75 Å². The summed E-state index contributed by atoms with van der Waals surface area (Å²) in [4.78, 5) is 14.2. The van der Waals surface area contributed by atoms with Crippen LogP contribution in [-0.4, -0.2) is 51.9 Å². The van der Waals surface area contributed by atoms with Crippen molar-refractivity contribution in [3.8, 4) is 5.75 Å². The van der Waals surface area contributed by atoms with Crippen molar-refractivity contribution in [1.29, 1.82) is 0 Å². The number of methoxy groups -OCH3 is 1. The number of para-hydroxylation sites is 2. The standard InChI is InChI=1S/C21H25N3O4S/c1-28-20-7-3-2-6-19(20)23-11-13-24(14-12-23)29(26,27)17-9-10-18-16(15-17)5-4-8-21(25)22-18/h2-3,6-7,9-10,15H,4-5,8,11-14H2,1H3,(H,22,25). The van der Waals surface area contributed by atoms with Crippen LogP contribution < -0.4 is 15.0 Å². The van der Waals surface area contributed by atoms with Crippen LogP contribution in [0, 0.1) is 0 Å². The number of hydrogen-bond donors (Lipinski definition) is 1. The molecule has 0 unspecified atom stereocenters. The molecule has 0 atom stereocenters. The van der Waals surface area contributed by atoms with E-state index in [1.54, 1.807) is 25.3 Å². The number of amides is 1. The molecule has 4 rings (SSSR count). The number of hydrogen-bond acceptors (Lipinski definition) is 5. The maximum atomic E-state index is 13.2. The molecule has 0 radical (unpaired) electrons. The van der Waals surface area contributed by atoms with Crippen LogP contribution in [0.1, 0.15) is 18.4 Å². The second-order valence-electron chi connectivity index (χ2n) is 7.28. The maximum absolute atomic E-state index is 13.2. The molecule has 0 aliphatic carbocycles. The number of anilines is 2. The highest BCUT2D eigenvalue weighted by atomic mass is 32.2. The Morgan fingerprint density at radius 1 is 1.00 bits per heavy atom. The summed E-state index contributed by atoms with van der Waals surface area (Å²) in [5.41, 5.74) is 2.57. The highest BCUT2D eigenvalue weighted by Crippen LogP contribution is 2.30. The molecule has 154 valence electrons. The minimum Gasteiger partial charge on any atom is -0.495 e. The first-order valence-electron chi connectivity index (χ1n) is 9.80. The van der Waals surface area contributed by atoms with Gasteiger partial charge in [0.25, 0.3) is 0 Å². The van der Waals surface area contributed by atoms with Crippen LogP contribution >= 0.6 is 0 Å². The lowest BCUT2D eigenvalue weighted by Crippen LogP contribution is -2.48. The molecule has 1 amide bonds. The average Bonchev–Trinajstić information content (AvgIpc) is 2.93. The predicted molar refractivity (Wildman–Crippen MR) is 112 cm³/mol. The minimum atomic E-state index is -3.58. The second kappa shape index (κ2) is 8.04. The summed E-state index contributed by atoms with van der Waals surface area (Å²) in [6.45, 7) is 2.02. The highest BCUT2D eigenvalue weighted by Gasteiger charge is 2.30. The van der Waals surface area contributed by atoms with Crippen molar-refractivity contribution in [2.45, 2.75) is 24.2 Å². The van der Waals surface area contributed by atoms with E-state index in [9.17, 15) is 13.2 Å². The van der Waals surface area contributed by atoms with Crippen LogP contribution in [0.4, 0.5) is 11.4 Å². The quantitative estimate of drug-likeness (QED) is 0.830. The van der Waals surface area contributed by atoms with Gasteiger partial charge in [0.05, 0.1) is 17.7 Å². The zero-order chi connectivity index (χ0) is 20.4. The van der Waals surface area contributed by atoms with Gasteiger partial charge in [0.15, 0.2) is 0 Å². The predicted octanol–water partition coefficient (Wildman–Crippen LogP) is 2.48. The summed E-state index contributed by atoms with van der Waals surface area (Å²) in [5, 5.41) is 2.85. The number of piperazine rings is 1. The molecule has 1 N–H and O–H groups in total. The van der Waals surface area contributed by atoms with Crippen molar-refractivity contribution in [3.63, 3.8) is 0 Å². The Balaban J connectivity index is 1.51. The third kappa shape index (κ3) is 3.95. The van der Waals surface area contributed by atoms with Crippen molar-refractivity contribution >= 4 is 27.3 Å². The van der Waals surface area contributed by atoms with Crippen LogP contribution in [0.15, 0.2) is 47.4 Å². The second-order valence-corrected chi connectivity index (χ2v) is 9.22. The van der Waals surface area contributed by atoms with Crippen LogP contribution in [0.3, 0.4) is 0 Å². The normalized spacial score (nSPS) is 18.0. The number of carbonyl (C=O) groups excluding carboxylic acids is 1. The molecule has 2 heterocycles. The number of benzene rings is 2. The van der Waals surface area contributed by atoms with E-state index in [0.29, 0.717) is 44.7 Å². The van der Waals surface area contributed by atoms with E-state index in [1.807, 2.05) is 24.3 Å². The molecule has 2 aliphatic rings. The maximum Gasteiger partial charge on any atom is 0.243 e. The fourth-order valence-electron chi connectivity index (χ4n) is 3.92. The van der Waals surface area contributed by atoms with E-state index in [0.717, 1.165) is 23.4 Å². The summed E-state index contributed by atoms with van der Waals surface area (Å²) < 4.78 is 33.3. The SMILES string of the molecule is COc1ccccc1N1CCN(S(=O)(=O)c2ccc3c(c2)CCCC(=O)N3)CC1. The third-order valence-corrected chi connectivity index (χ3v) is 7.40. The largest absolute Gasteiger partial charge is 0.495 e. The van der Waals surface area contributed by atoms with E-state index < -0.39 is 10.0 Å². The minimum absolute atomic E-state index is 0.0215. The monoisotopic (exact) mass is 415 g/mol. The molecule has 0 aromatic heterocycles. The van der Waals surface area contributed by atoms with Crippen LogP contribution in [0.2, 0.25) is 0 Å². The summed E-state index contributed by atoms with van der Waals surface area (Å²) in [5.74, 6) is 0.767. The zero-order valence-corrected chi connectivity index (χ0v) is 17.2. The Morgan fingerprint density at radius 3 is 2.52 bits per heavy atom. The topological polar surface area (TPSA) is 79.0 Å². The van der Waals surface area contributed by atoms with Gasteiger partial charge >= 0.3 is 0 Å². The molecule has 8 heteroatoms. The number of fused-ring (bicyclic) bond motifs is 1. The molecule has 7 nitrogen and oxygen atoms in total. The summed E-state index contributed by atoms with van der Waals surface area (Å²) in [7, 11) is -1.94. The first-order valence-corrected chi connectivity index (χ1v) is 11.2. The van der Waals surface area contributed by atoms with Crippen LogP contribution in [-0.2, 0) is 21.2 Å². The number of carbonyl (C=O) groups is 1.